The van der Waals surface area contributed by atoms with Crippen LogP contribution in [-0.2, 0) is 16.9 Å². The Balaban J connectivity index is 2.06. The Hall–Kier alpha value is -2.33. The summed E-state index contributed by atoms with van der Waals surface area (Å²) in [5, 5.41) is 2.89. The molecule has 0 fully saturated rings. The number of rotatable bonds is 5. The SMILES string of the molecule is COc1cc(CNC(=O)C(C)(N)c2ccccc2)ccc1C. The number of nitrogens with two attached hydrogens (primary N) is 1. The zero-order valence-electron chi connectivity index (χ0n) is 13.2. The standard InChI is InChI=1S/C18H22N2O2/c1-13-9-10-14(11-16(13)22-3)12-20-17(21)18(2,19)15-7-5-4-6-8-15/h4-11H,12,19H2,1-3H3,(H,20,21). The average Bonchev–Trinajstić information content (AvgIpc) is 2.54. The molecule has 0 bridgehead atoms. The summed E-state index contributed by atoms with van der Waals surface area (Å²) in [6.45, 7) is 4.11. The summed E-state index contributed by atoms with van der Waals surface area (Å²) in [5.74, 6) is 0.601. The molecular formula is C18H22N2O2. The van der Waals surface area contributed by atoms with Crippen LogP contribution in [0.1, 0.15) is 23.6 Å². The minimum absolute atomic E-state index is 0.210. The van der Waals surface area contributed by atoms with Crippen LogP contribution in [-0.4, -0.2) is 13.0 Å². The number of aryl methyl sites for hydroxylation is 1. The third-order valence-corrected chi connectivity index (χ3v) is 3.77. The third-order valence-electron chi connectivity index (χ3n) is 3.77. The lowest BCUT2D eigenvalue weighted by atomic mass is 9.92. The maximum Gasteiger partial charge on any atom is 0.244 e. The van der Waals surface area contributed by atoms with E-state index in [1.54, 1.807) is 14.0 Å². The number of hydrogen-bond acceptors (Lipinski definition) is 3. The largest absolute Gasteiger partial charge is 0.496 e. The molecular weight excluding hydrogens is 276 g/mol. The predicted octanol–water partition coefficient (Wildman–Crippen LogP) is 2.49. The first-order valence-electron chi connectivity index (χ1n) is 7.21. The van der Waals surface area contributed by atoms with Gasteiger partial charge in [0.2, 0.25) is 5.91 Å². The number of carbonyl (C=O) groups excluding carboxylic acids is 1. The fourth-order valence-electron chi connectivity index (χ4n) is 2.26. The molecule has 2 aromatic carbocycles. The van der Waals surface area contributed by atoms with Gasteiger partial charge in [0.05, 0.1) is 7.11 Å². The molecule has 0 aromatic heterocycles. The Morgan fingerprint density at radius 1 is 1.23 bits per heavy atom. The van der Waals surface area contributed by atoms with Crippen LogP contribution < -0.4 is 15.8 Å². The minimum Gasteiger partial charge on any atom is -0.496 e. The van der Waals surface area contributed by atoms with Crippen LogP contribution >= 0.6 is 0 Å². The van der Waals surface area contributed by atoms with Crippen LogP contribution in [0.4, 0.5) is 0 Å². The summed E-state index contributed by atoms with van der Waals surface area (Å²) in [6, 6.07) is 15.2. The molecule has 3 N–H and O–H groups in total. The van der Waals surface area contributed by atoms with Crippen LogP contribution in [0.5, 0.6) is 5.75 Å². The molecule has 22 heavy (non-hydrogen) atoms. The predicted molar refractivity (Wildman–Crippen MR) is 87.6 cm³/mol. The number of ether oxygens (including phenoxy) is 1. The first-order chi connectivity index (χ1) is 10.4. The summed E-state index contributed by atoms with van der Waals surface area (Å²) in [5.41, 5.74) is 7.95. The topological polar surface area (TPSA) is 64.3 Å². The smallest absolute Gasteiger partial charge is 0.244 e. The zero-order chi connectivity index (χ0) is 16.2. The molecule has 0 aliphatic rings. The van der Waals surface area contributed by atoms with Crippen molar-refractivity contribution in [2.75, 3.05) is 7.11 Å². The van der Waals surface area contributed by atoms with E-state index in [0.717, 1.165) is 22.4 Å². The van der Waals surface area contributed by atoms with Gasteiger partial charge in [-0.2, -0.15) is 0 Å². The molecule has 0 heterocycles. The Morgan fingerprint density at radius 2 is 1.91 bits per heavy atom. The van der Waals surface area contributed by atoms with Crippen LogP contribution in [0.3, 0.4) is 0 Å². The van der Waals surface area contributed by atoms with Gasteiger partial charge < -0.3 is 15.8 Å². The number of carbonyl (C=O) groups is 1. The van der Waals surface area contributed by atoms with E-state index in [0.29, 0.717) is 6.54 Å². The fourth-order valence-corrected chi connectivity index (χ4v) is 2.26. The van der Waals surface area contributed by atoms with Crippen molar-refractivity contribution < 1.29 is 9.53 Å². The highest BCUT2D eigenvalue weighted by molar-refractivity contribution is 5.86. The number of amides is 1. The van der Waals surface area contributed by atoms with Gasteiger partial charge in [-0.1, -0.05) is 42.5 Å². The maximum atomic E-state index is 12.4. The number of benzene rings is 2. The van der Waals surface area contributed by atoms with Crippen LogP contribution in [0, 0.1) is 6.92 Å². The molecule has 0 aliphatic carbocycles. The zero-order valence-corrected chi connectivity index (χ0v) is 13.2. The van der Waals surface area contributed by atoms with Gasteiger partial charge in [-0.05, 0) is 36.6 Å². The molecule has 2 aromatic rings. The van der Waals surface area contributed by atoms with Gasteiger partial charge >= 0.3 is 0 Å². The van der Waals surface area contributed by atoms with Crippen LogP contribution in [0.2, 0.25) is 0 Å². The molecule has 116 valence electrons. The molecule has 4 nitrogen and oxygen atoms in total. The lowest BCUT2D eigenvalue weighted by Gasteiger charge is -2.24. The Kier molecular flexibility index (Phi) is 4.83. The number of hydrogen-bond donors (Lipinski definition) is 2. The molecule has 2 rings (SSSR count). The van der Waals surface area contributed by atoms with Crippen molar-refractivity contribution >= 4 is 5.91 Å². The van der Waals surface area contributed by atoms with Crippen molar-refractivity contribution in [3.63, 3.8) is 0 Å². The normalized spacial score (nSPS) is 13.3. The molecule has 0 radical (unpaired) electrons. The van der Waals surface area contributed by atoms with Gasteiger partial charge in [0.1, 0.15) is 11.3 Å². The quantitative estimate of drug-likeness (QED) is 0.891. The van der Waals surface area contributed by atoms with Gasteiger partial charge in [0.25, 0.3) is 0 Å². The lowest BCUT2D eigenvalue weighted by Crippen LogP contribution is -2.48. The molecule has 0 saturated heterocycles. The van der Waals surface area contributed by atoms with E-state index >= 15 is 0 Å². The highest BCUT2D eigenvalue weighted by Crippen LogP contribution is 2.20. The van der Waals surface area contributed by atoms with Gasteiger partial charge in [-0.15, -0.1) is 0 Å². The van der Waals surface area contributed by atoms with Gasteiger partial charge in [0.15, 0.2) is 0 Å². The first-order valence-corrected chi connectivity index (χ1v) is 7.21. The van der Waals surface area contributed by atoms with E-state index in [-0.39, 0.29) is 5.91 Å². The molecule has 0 aliphatic heterocycles. The highest BCUT2D eigenvalue weighted by Gasteiger charge is 2.29. The van der Waals surface area contributed by atoms with Crippen molar-refractivity contribution in [2.45, 2.75) is 25.9 Å². The summed E-state index contributed by atoms with van der Waals surface area (Å²) in [7, 11) is 1.64. The van der Waals surface area contributed by atoms with Crippen molar-refractivity contribution in [3.8, 4) is 5.75 Å². The van der Waals surface area contributed by atoms with Gasteiger partial charge in [-0.25, -0.2) is 0 Å². The van der Waals surface area contributed by atoms with E-state index in [1.165, 1.54) is 0 Å². The summed E-state index contributed by atoms with van der Waals surface area (Å²) in [6.07, 6.45) is 0. The Bertz CT molecular complexity index is 651. The minimum atomic E-state index is -1.06. The summed E-state index contributed by atoms with van der Waals surface area (Å²) >= 11 is 0. The van der Waals surface area contributed by atoms with Crippen molar-refractivity contribution in [1.29, 1.82) is 0 Å². The second-order valence-electron chi connectivity index (χ2n) is 5.56. The van der Waals surface area contributed by atoms with Crippen molar-refractivity contribution in [3.05, 3.63) is 65.2 Å². The Morgan fingerprint density at radius 3 is 2.55 bits per heavy atom. The van der Waals surface area contributed by atoms with E-state index in [4.69, 9.17) is 10.5 Å². The molecule has 0 spiro atoms. The number of methoxy groups -OCH3 is 1. The first kappa shape index (κ1) is 16.0. The van der Waals surface area contributed by atoms with Gasteiger partial charge in [0, 0.05) is 6.54 Å². The third kappa shape index (κ3) is 3.46. The van der Waals surface area contributed by atoms with E-state index in [9.17, 15) is 4.79 Å². The van der Waals surface area contributed by atoms with Gasteiger partial charge in [-0.3, -0.25) is 4.79 Å². The average molecular weight is 298 g/mol. The van der Waals surface area contributed by atoms with E-state index < -0.39 is 5.54 Å². The summed E-state index contributed by atoms with van der Waals surface area (Å²) < 4.78 is 5.29. The number of nitrogens with one attached hydrogen (secondary N) is 1. The van der Waals surface area contributed by atoms with Crippen molar-refractivity contribution in [1.82, 2.24) is 5.32 Å². The van der Waals surface area contributed by atoms with E-state index in [1.807, 2.05) is 55.5 Å². The fraction of sp³-hybridized carbons (Fsp3) is 0.278. The van der Waals surface area contributed by atoms with Crippen molar-refractivity contribution in [2.24, 2.45) is 5.73 Å². The molecule has 4 heteroatoms. The molecule has 1 amide bonds. The van der Waals surface area contributed by atoms with E-state index in [2.05, 4.69) is 5.32 Å². The maximum absolute atomic E-state index is 12.4. The highest BCUT2D eigenvalue weighted by atomic mass is 16.5. The molecule has 1 unspecified atom stereocenters. The molecule has 0 saturated carbocycles. The van der Waals surface area contributed by atoms with Crippen LogP contribution in [0.25, 0.3) is 0 Å². The lowest BCUT2D eigenvalue weighted by molar-refractivity contribution is -0.126. The monoisotopic (exact) mass is 298 g/mol. The Labute approximate surface area is 131 Å². The van der Waals surface area contributed by atoms with Crippen LogP contribution in [0.15, 0.2) is 48.5 Å². The second kappa shape index (κ2) is 6.62. The summed E-state index contributed by atoms with van der Waals surface area (Å²) in [4.78, 5) is 12.4. The second-order valence-corrected chi connectivity index (χ2v) is 5.56. The molecule has 1 atom stereocenters.